The highest BCUT2D eigenvalue weighted by Crippen LogP contribution is 2.38. The van der Waals surface area contributed by atoms with Gasteiger partial charge in [0, 0.05) is 23.5 Å². The third-order valence-electron chi connectivity index (χ3n) is 5.19. The minimum absolute atomic E-state index is 0.346. The first-order chi connectivity index (χ1) is 13.6. The van der Waals surface area contributed by atoms with Gasteiger partial charge in [-0.3, -0.25) is 0 Å². The van der Waals surface area contributed by atoms with Crippen LogP contribution in [0.15, 0.2) is 43.0 Å². The number of hydrogen-bond donors (Lipinski definition) is 2. The van der Waals surface area contributed by atoms with Crippen LogP contribution in [0.2, 0.25) is 0 Å². The monoisotopic (exact) mass is 378 g/mol. The summed E-state index contributed by atoms with van der Waals surface area (Å²) in [5.74, 6) is 0.708. The highest BCUT2D eigenvalue weighted by atomic mass is 16.3. The molecule has 0 amide bonds. The first kappa shape index (κ1) is 20.0. The number of imidazole rings is 1. The van der Waals surface area contributed by atoms with Crippen LogP contribution in [-0.2, 0) is 25.8 Å². The van der Waals surface area contributed by atoms with Gasteiger partial charge in [0.05, 0.1) is 12.9 Å². The summed E-state index contributed by atoms with van der Waals surface area (Å²) in [4.78, 5) is 4.10. The molecule has 0 unspecified atom stereocenters. The zero-order valence-electron chi connectivity index (χ0n) is 17.1. The van der Waals surface area contributed by atoms with E-state index in [0.717, 1.165) is 59.9 Å². The number of aryl methyl sites for hydroxylation is 3. The smallest absolute Gasteiger partial charge is 0.126 e. The standard InChI is InChI=1S/C24H30N2O2/c1-4-7-18-11-17(6-3)12-22(24(18)28)20-13-19(8-5-2)23(27)21(14-20)15-26-10-9-25-16-26/h9-14,16,27-28H,4-8,15H2,1-3H3. The maximum atomic E-state index is 11.0. The number of rotatable bonds is 8. The summed E-state index contributed by atoms with van der Waals surface area (Å²) in [6, 6.07) is 8.22. The summed E-state index contributed by atoms with van der Waals surface area (Å²) in [7, 11) is 0. The van der Waals surface area contributed by atoms with Crippen molar-refractivity contribution in [3.63, 3.8) is 0 Å². The van der Waals surface area contributed by atoms with Crippen molar-refractivity contribution < 1.29 is 10.2 Å². The van der Waals surface area contributed by atoms with Gasteiger partial charge in [-0.25, -0.2) is 4.98 Å². The van der Waals surface area contributed by atoms with E-state index in [2.05, 4.69) is 37.9 Å². The molecule has 0 fully saturated rings. The van der Waals surface area contributed by atoms with Crippen LogP contribution in [0, 0.1) is 0 Å². The average molecular weight is 379 g/mol. The van der Waals surface area contributed by atoms with Gasteiger partial charge in [-0.15, -0.1) is 0 Å². The molecule has 148 valence electrons. The molecule has 3 rings (SSSR count). The van der Waals surface area contributed by atoms with Gasteiger partial charge < -0.3 is 14.8 Å². The Morgan fingerprint density at radius 3 is 2.14 bits per heavy atom. The van der Waals surface area contributed by atoms with E-state index in [1.807, 2.05) is 22.9 Å². The van der Waals surface area contributed by atoms with Crippen LogP contribution in [0.4, 0.5) is 0 Å². The molecule has 0 aliphatic rings. The largest absolute Gasteiger partial charge is 0.507 e. The van der Waals surface area contributed by atoms with Crippen LogP contribution in [0.25, 0.3) is 11.1 Å². The summed E-state index contributed by atoms with van der Waals surface area (Å²) < 4.78 is 1.94. The molecule has 0 bridgehead atoms. The molecule has 1 aromatic heterocycles. The van der Waals surface area contributed by atoms with E-state index in [9.17, 15) is 10.2 Å². The molecule has 4 heteroatoms. The Morgan fingerprint density at radius 1 is 0.857 bits per heavy atom. The van der Waals surface area contributed by atoms with Gasteiger partial charge >= 0.3 is 0 Å². The Hall–Kier alpha value is -2.75. The van der Waals surface area contributed by atoms with Crippen LogP contribution < -0.4 is 0 Å². The Balaban J connectivity index is 2.15. The number of hydrogen-bond acceptors (Lipinski definition) is 3. The highest BCUT2D eigenvalue weighted by Gasteiger charge is 2.16. The molecule has 1 heterocycles. The molecular formula is C24H30N2O2. The molecule has 28 heavy (non-hydrogen) atoms. The molecule has 2 aromatic carbocycles. The van der Waals surface area contributed by atoms with Crippen LogP contribution in [0.5, 0.6) is 11.5 Å². The molecule has 3 aromatic rings. The van der Waals surface area contributed by atoms with Gasteiger partial charge in [-0.2, -0.15) is 0 Å². The number of phenols is 2. The summed E-state index contributed by atoms with van der Waals surface area (Å²) in [5.41, 5.74) is 5.80. The summed E-state index contributed by atoms with van der Waals surface area (Å²) in [5, 5.41) is 21.8. The quantitative estimate of drug-likeness (QED) is 0.546. The molecule has 0 aliphatic heterocycles. The second-order valence-corrected chi connectivity index (χ2v) is 7.38. The minimum Gasteiger partial charge on any atom is -0.507 e. The van der Waals surface area contributed by atoms with Crippen LogP contribution in [0.1, 0.15) is 55.9 Å². The topological polar surface area (TPSA) is 58.3 Å². The van der Waals surface area contributed by atoms with E-state index in [0.29, 0.717) is 18.0 Å². The Kier molecular flexibility index (Phi) is 6.40. The number of nitrogens with zero attached hydrogens (tertiary/aromatic N) is 2. The predicted molar refractivity (Wildman–Crippen MR) is 114 cm³/mol. The molecule has 4 nitrogen and oxygen atoms in total. The van der Waals surface area contributed by atoms with Gasteiger partial charge in [0.2, 0.25) is 0 Å². The van der Waals surface area contributed by atoms with E-state index < -0.39 is 0 Å². The maximum Gasteiger partial charge on any atom is 0.126 e. The first-order valence-corrected chi connectivity index (χ1v) is 10.2. The fraction of sp³-hybridized carbons (Fsp3) is 0.375. The highest BCUT2D eigenvalue weighted by molar-refractivity contribution is 5.75. The third kappa shape index (κ3) is 4.22. The van der Waals surface area contributed by atoms with Crippen molar-refractivity contribution in [3.8, 4) is 22.6 Å². The van der Waals surface area contributed by atoms with Crippen molar-refractivity contribution in [1.82, 2.24) is 9.55 Å². The zero-order valence-corrected chi connectivity index (χ0v) is 17.1. The second kappa shape index (κ2) is 8.96. The lowest BCUT2D eigenvalue weighted by Gasteiger charge is -2.17. The fourth-order valence-corrected chi connectivity index (χ4v) is 3.72. The van der Waals surface area contributed by atoms with Crippen molar-refractivity contribution >= 4 is 0 Å². The van der Waals surface area contributed by atoms with Gasteiger partial charge in [0.25, 0.3) is 0 Å². The summed E-state index contributed by atoms with van der Waals surface area (Å²) in [6.07, 6.45) is 9.89. The lowest BCUT2D eigenvalue weighted by molar-refractivity contribution is 0.458. The lowest BCUT2D eigenvalue weighted by Crippen LogP contribution is -2.00. The van der Waals surface area contributed by atoms with Crippen molar-refractivity contribution in [1.29, 1.82) is 0 Å². The van der Waals surface area contributed by atoms with E-state index >= 15 is 0 Å². The molecule has 0 radical (unpaired) electrons. The van der Waals surface area contributed by atoms with Crippen molar-refractivity contribution in [2.75, 3.05) is 0 Å². The first-order valence-electron chi connectivity index (χ1n) is 10.2. The van der Waals surface area contributed by atoms with Crippen molar-refractivity contribution in [3.05, 3.63) is 65.2 Å². The molecule has 0 spiro atoms. The Bertz CT molecular complexity index is 930. The van der Waals surface area contributed by atoms with E-state index in [1.165, 1.54) is 5.56 Å². The summed E-state index contributed by atoms with van der Waals surface area (Å²) >= 11 is 0. The Labute approximate surface area is 167 Å². The van der Waals surface area contributed by atoms with E-state index in [4.69, 9.17) is 0 Å². The number of aromatic nitrogens is 2. The average Bonchev–Trinajstić information content (AvgIpc) is 3.20. The van der Waals surface area contributed by atoms with Crippen LogP contribution in [0.3, 0.4) is 0 Å². The van der Waals surface area contributed by atoms with Crippen molar-refractivity contribution in [2.45, 2.75) is 59.4 Å². The normalized spacial score (nSPS) is 11.1. The fourth-order valence-electron chi connectivity index (χ4n) is 3.72. The molecule has 0 saturated heterocycles. The predicted octanol–water partition coefficient (Wildman–Crippen LogP) is 5.48. The van der Waals surface area contributed by atoms with Crippen LogP contribution in [-0.4, -0.2) is 19.8 Å². The number of benzene rings is 2. The lowest BCUT2D eigenvalue weighted by atomic mass is 9.92. The van der Waals surface area contributed by atoms with Gasteiger partial charge in [-0.1, -0.05) is 39.7 Å². The van der Waals surface area contributed by atoms with Gasteiger partial charge in [-0.05, 0) is 59.7 Å². The maximum absolute atomic E-state index is 11.0. The minimum atomic E-state index is 0.346. The number of phenolic OH excluding ortho intramolecular Hbond substituents is 2. The molecule has 0 atom stereocenters. The van der Waals surface area contributed by atoms with E-state index in [-0.39, 0.29) is 0 Å². The molecule has 2 N–H and O–H groups in total. The molecule has 0 saturated carbocycles. The molecular weight excluding hydrogens is 348 g/mol. The Morgan fingerprint density at radius 2 is 1.54 bits per heavy atom. The van der Waals surface area contributed by atoms with E-state index in [1.54, 1.807) is 12.5 Å². The van der Waals surface area contributed by atoms with Gasteiger partial charge in [0.15, 0.2) is 0 Å². The SMILES string of the molecule is CCCc1cc(-c2cc(CC)cc(CCC)c2O)cc(Cn2ccnc2)c1O. The number of aromatic hydroxyl groups is 2. The third-order valence-corrected chi connectivity index (χ3v) is 5.19. The van der Waals surface area contributed by atoms with Gasteiger partial charge in [0.1, 0.15) is 11.5 Å². The zero-order chi connectivity index (χ0) is 20.1. The molecule has 0 aliphatic carbocycles. The van der Waals surface area contributed by atoms with Crippen molar-refractivity contribution in [2.24, 2.45) is 0 Å². The summed E-state index contributed by atoms with van der Waals surface area (Å²) in [6.45, 7) is 6.92. The van der Waals surface area contributed by atoms with Crippen LogP contribution >= 0.6 is 0 Å². The second-order valence-electron chi connectivity index (χ2n) is 7.38.